The summed E-state index contributed by atoms with van der Waals surface area (Å²) in [5.41, 5.74) is -2.14. The Bertz CT molecular complexity index is 842. The Morgan fingerprint density at radius 2 is 1.62 bits per heavy atom. The summed E-state index contributed by atoms with van der Waals surface area (Å²) < 4.78 is 50.1. The standard InChI is InChI=1S/C16H17BF3NO3/c1-14(2)15(3,4)24-17(23-14)9-5-6-11-10(7-9)12(22)8-13(21-11)16(18,19)20/h5-8H,1-4H3,(H,21,22). The van der Waals surface area contributed by atoms with Crippen molar-refractivity contribution in [1.29, 1.82) is 0 Å². The molecular weight excluding hydrogens is 322 g/mol. The van der Waals surface area contributed by atoms with Gasteiger partial charge in [0.2, 0.25) is 0 Å². The van der Waals surface area contributed by atoms with Gasteiger partial charge in [-0.05, 0) is 45.3 Å². The summed E-state index contributed by atoms with van der Waals surface area (Å²) in [5, 5.41) is 0.162. The molecule has 2 aromatic rings. The molecule has 8 heteroatoms. The predicted molar refractivity (Wildman–Crippen MR) is 85.3 cm³/mol. The van der Waals surface area contributed by atoms with Crippen molar-refractivity contribution in [3.8, 4) is 0 Å². The summed E-state index contributed by atoms with van der Waals surface area (Å²) in [6.07, 6.45) is -4.60. The molecule has 0 unspecified atom stereocenters. The van der Waals surface area contributed by atoms with Gasteiger partial charge < -0.3 is 14.3 Å². The largest absolute Gasteiger partial charge is 0.494 e. The first kappa shape index (κ1) is 17.0. The molecule has 3 rings (SSSR count). The minimum Gasteiger partial charge on any atom is -0.399 e. The van der Waals surface area contributed by atoms with Crippen LogP contribution in [0.2, 0.25) is 0 Å². The molecule has 0 saturated carbocycles. The number of hydrogen-bond donors (Lipinski definition) is 1. The Labute approximate surface area is 137 Å². The van der Waals surface area contributed by atoms with Gasteiger partial charge in [0, 0.05) is 17.0 Å². The Morgan fingerprint density at radius 1 is 1.04 bits per heavy atom. The monoisotopic (exact) mass is 339 g/mol. The summed E-state index contributed by atoms with van der Waals surface area (Å²) in [5.74, 6) is 0. The quantitative estimate of drug-likeness (QED) is 0.813. The maximum absolute atomic E-state index is 12.8. The van der Waals surface area contributed by atoms with Gasteiger partial charge >= 0.3 is 13.3 Å². The molecule has 0 aliphatic carbocycles. The van der Waals surface area contributed by atoms with Crippen LogP contribution in [0.3, 0.4) is 0 Å². The highest BCUT2D eigenvalue weighted by atomic mass is 19.4. The van der Waals surface area contributed by atoms with E-state index < -0.39 is 35.6 Å². The van der Waals surface area contributed by atoms with Crippen LogP contribution in [0.15, 0.2) is 29.1 Å². The number of benzene rings is 1. The second kappa shape index (κ2) is 5.10. The van der Waals surface area contributed by atoms with Crippen molar-refractivity contribution in [2.24, 2.45) is 0 Å². The molecule has 24 heavy (non-hydrogen) atoms. The van der Waals surface area contributed by atoms with E-state index in [4.69, 9.17) is 9.31 Å². The lowest BCUT2D eigenvalue weighted by Gasteiger charge is -2.32. The molecule has 2 heterocycles. The van der Waals surface area contributed by atoms with E-state index in [0.29, 0.717) is 11.5 Å². The van der Waals surface area contributed by atoms with Crippen LogP contribution in [0, 0.1) is 0 Å². The number of pyridine rings is 1. The molecule has 0 atom stereocenters. The zero-order valence-electron chi connectivity index (χ0n) is 13.7. The average molecular weight is 339 g/mol. The first-order chi connectivity index (χ1) is 10.9. The zero-order valence-corrected chi connectivity index (χ0v) is 13.7. The maximum Gasteiger partial charge on any atom is 0.494 e. The third-order valence-corrected chi connectivity index (χ3v) is 4.68. The van der Waals surface area contributed by atoms with Crippen LogP contribution in [0.25, 0.3) is 10.9 Å². The van der Waals surface area contributed by atoms with Gasteiger partial charge in [0.1, 0.15) is 5.69 Å². The van der Waals surface area contributed by atoms with Crippen LogP contribution in [0.1, 0.15) is 33.4 Å². The van der Waals surface area contributed by atoms with Gasteiger partial charge in [0.15, 0.2) is 5.43 Å². The smallest absolute Gasteiger partial charge is 0.399 e. The lowest BCUT2D eigenvalue weighted by Crippen LogP contribution is -2.41. The van der Waals surface area contributed by atoms with Crippen LogP contribution in [0.4, 0.5) is 13.2 Å². The van der Waals surface area contributed by atoms with Gasteiger partial charge in [0.05, 0.1) is 11.2 Å². The molecule has 4 nitrogen and oxygen atoms in total. The molecule has 1 aromatic heterocycles. The van der Waals surface area contributed by atoms with E-state index >= 15 is 0 Å². The number of H-pyrrole nitrogens is 1. The topological polar surface area (TPSA) is 51.3 Å². The molecule has 0 spiro atoms. The summed E-state index contributed by atoms with van der Waals surface area (Å²) in [7, 11) is -0.680. The molecule has 1 aliphatic heterocycles. The fraction of sp³-hybridized carbons (Fsp3) is 0.438. The van der Waals surface area contributed by atoms with Crippen molar-refractivity contribution < 1.29 is 22.5 Å². The Balaban J connectivity index is 2.05. The summed E-state index contributed by atoms with van der Waals surface area (Å²) in [4.78, 5) is 14.3. The number of fused-ring (bicyclic) bond motifs is 1. The van der Waals surface area contributed by atoms with Crippen molar-refractivity contribution in [2.45, 2.75) is 45.1 Å². The van der Waals surface area contributed by atoms with Crippen molar-refractivity contribution in [3.63, 3.8) is 0 Å². The molecule has 0 radical (unpaired) electrons. The number of alkyl halides is 3. The highest BCUT2D eigenvalue weighted by Gasteiger charge is 2.51. The third kappa shape index (κ3) is 2.73. The van der Waals surface area contributed by atoms with Gasteiger partial charge in [0.25, 0.3) is 0 Å². The number of nitrogens with one attached hydrogen (secondary N) is 1. The normalized spacial score (nSPS) is 19.9. The SMILES string of the molecule is CC1(C)OB(c2ccc3[nH]c(C(F)(F)F)cc(=O)c3c2)OC1(C)C. The molecule has 1 aromatic carbocycles. The molecular formula is C16H17BF3NO3. The molecule has 1 fully saturated rings. The summed E-state index contributed by atoms with van der Waals surface area (Å²) in [6.45, 7) is 7.60. The van der Waals surface area contributed by atoms with Gasteiger partial charge in [-0.2, -0.15) is 13.2 Å². The van der Waals surface area contributed by atoms with Crippen molar-refractivity contribution >= 4 is 23.5 Å². The van der Waals surface area contributed by atoms with Gasteiger partial charge in [-0.3, -0.25) is 4.79 Å². The van der Waals surface area contributed by atoms with E-state index in [-0.39, 0.29) is 10.9 Å². The third-order valence-electron chi connectivity index (χ3n) is 4.68. The van der Waals surface area contributed by atoms with E-state index in [1.165, 1.54) is 12.1 Å². The number of aromatic amines is 1. The first-order valence-corrected chi connectivity index (χ1v) is 7.50. The molecule has 128 valence electrons. The van der Waals surface area contributed by atoms with E-state index in [1.54, 1.807) is 6.07 Å². The highest BCUT2D eigenvalue weighted by Crippen LogP contribution is 2.36. The minimum absolute atomic E-state index is 0.120. The average Bonchev–Trinajstić information content (AvgIpc) is 2.66. The maximum atomic E-state index is 12.8. The lowest BCUT2D eigenvalue weighted by molar-refractivity contribution is -0.141. The van der Waals surface area contributed by atoms with Crippen LogP contribution in [0.5, 0.6) is 0 Å². The minimum atomic E-state index is -4.60. The zero-order chi connectivity index (χ0) is 17.9. The number of rotatable bonds is 1. The first-order valence-electron chi connectivity index (χ1n) is 7.50. The van der Waals surface area contributed by atoms with Crippen LogP contribution in [-0.4, -0.2) is 23.3 Å². The van der Waals surface area contributed by atoms with Gasteiger partial charge in [-0.1, -0.05) is 6.07 Å². The fourth-order valence-corrected chi connectivity index (χ4v) is 2.54. The molecule has 1 saturated heterocycles. The lowest BCUT2D eigenvalue weighted by atomic mass is 9.78. The second-order valence-electron chi connectivity index (χ2n) is 6.94. The number of halogens is 3. The highest BCUT2D eigenvalue weighted by molar-refractivity contribution is 6.62. The Kier molecular flexibility index (Phi) is 3.62. The van der Waals surface area contributed by atoms with Crippen LogP contribution >= 0.6 is 0 Å². The second-order valence-corrected chi connectivity index (χ2v) is 6.94. The molecule has 0 amide bonds. The van der Waals surface area contributed by atoms with Crippen molar-refractivity contribution in [1.82, 2.24) is 4.98 Å². The van der Waals surface area contributed by atoms with E-state index in [0.717, 1.165) is 0 Å². The van der Waals surface area contributed by atoms with E-state index in [9.17, 15) is 18.0 Å². The van der Waals surface area contributed by atoms with Gasteiger partial charge in [-0.25, -0.2) is 0 Å². The Hall–Kier alpha value is -1.80. The summed E-state index contributed by atoms with van der Waals surface area (Å²) >= 11 is 0. The molecule has 0 bridgehead atoms. The summed E-state index contributed by atoms with van der Waals surface area (Å²) in [6, 6.07) is 5.11. The molecule has 1 N–H and O–H groups in total. The number of aromatic nitrogens is 1. The van der Waals surface area contributed by atoms with Crippen LogP contribution < -0.4 is 10.9 Å². The fourth-order valence-electron chi connectivity index (χ4n) is 2.54. The predicted octanol–water partition coefficient (Wildman–Crippen LogP) is 2.85. The van der Waals surface area contributed by atoms with Crippen molar-refractivity contribution in [2.75, 3.05) is 0 Å². The van der Waals surface area contributed by atoms with E-state index in [2.05, 4.69) is 4.98 Å². The molecule has 1 aliphatic rings. The van der Waals surface area contributed by atoms with Crippen molar-refractivity contribution in [3.05, 3.63) is 40.2 Å². The number of hydrogen-bond acceptors (Lipinski definition) is 3. The van der Waals surface area contributed by atoms with E-state index in [1.807, 2.05) is 27.7 Å². The Morgan fingerprint density at radius 3 is 2.17 bits per heavy atom. The van der Waals surface area contributed by atoms with Gasteiger partial charge in [-0.15, -0.1) is 0 Å². The van der Waals surface area contributed by atoms with Crippen LogP contribution in [-0.2, 0) is 15.5 Å².